The summed E-state index contributed by atoms with van der Waals surface area (Å²) in [6.45, 7) is 4.09. The summed E-state index contributed by atoms with van der Waals surface area (Å²) in [4.78, 5) is 12.4. The zero-order chi connectivity index (χ0) is 27.1. The molecular weight excluding hydrogens is 495 g/mol. The summed E-state index contributed by atoms with van der Waals surface area (Å²) >= 11 is 0. The van der Waals surface area contributed by atoms with Gasteiger partial charge in [-0.15, -0.1) is 0 Å². The fourth-order valence-corrected chi connectivity index (χ4v) is 4.32. The Morgan fingerprint density at radius 3 is 2.53 bits per heavy atom. The molecule has 0 N–H and O–H groups in total. The summed E-state index contributed by atoms with van der Waals surface area (Å²) in [5, 5.41) is 8.79. The van der Waals surface area contributed by atoms with Crippen molar-refractivity contribution in [3.63, 3.8) is 0 Å². The van der Waals surface area contributed by atoms with Crippen molar-refractivity contribution in [3.8, 4) is 22.9 Å². The average molecular weight is 524 g/mol. The quantitative estimate of drug-likeness (QED) is 0.169. The van der Waals surface area contributed by atoms with Crippen LogP contribution in [0, 0.1) is 34.7 Å². The maximum Gasteiger partial charge on any atom is 0.346 e. The smallest absolute Gasteiger partial charge is 0.346 e. The molecule has 1 aliphatic rings. The van der Waals surface area contributed by atoms with Crippen LogP contribution in [0.25, 0.3) is 11.1 Å². The molecule has 5 nitrogen and oxygen atoms in total. The van der Waals surface area contributed by atoms with Crippen molar-refractivity contribution in [2.24, 2.45) is 5.92 Å². The third kappa shape index (κ3) is 6.60. The first-order valence-electron chi connectivity index (χ1n) is 12.6. The molecule has 198 valence electrons. The molecular formula is C30H28F3NO4. The molecule has 1 fully saturated rings. The largest absolute Gasteiger partial charge is 0.423 e. The minimum absolute atomic E-state index is 0.170. The van der Waals surface area contributed by atoms with E-state index in [0.29, 0.717) is 24.7 Å². The van der Waals surface area contributed by atoms with Crippen LogP contribution in [0.3, 0.4) is 0 Å². The molecule has 2 atom stereocenters. The van der Waals surface area contributed by atoms with Gasteiger partial charge < -0.3 is 14.2 Å². The summed E-state index contributed by atoms with van der Waals surface area (Å²) in [7, 11) is 0. The number of benzene rings is 3. The van der Waals surface area contributed by atoms with Crippen molar-refractivity contribution in [2.75, 3.05) is 19.8 Å². The number of rotatable bonds is 9. The van der Waals surface area contributed by atoms with E-state index < -0.39 is 23.4 Å². The van der Waals surface area contributed by atoms with Crippen LogP contribution in [0.15, 0.2) is 54.6 Å². The molecule has 3 aromatic carbocycles. The molecule has 1 aliphatic heterocycles. The first-order chi connectivity index (χ1) is 18.4. The molecule has 0 aromatic heterocycles. The highest BCUT2D eigenvalue weighted by atomic mass is 19.1. The van der Waals surface area contributed by atoms with E-state index in [9.17, 15) is 13.6 Å². The SMILES string of the molecule is CCCCOCC1CCC(c2ccc(-c3ccc(C(=O)Oc4ccc(C#N)c(F)c4)c(F)c3)c(F)c2)OC1. The lowest BCUT2D eigenvalue weighted by Crippen LogP contribution is -2.24. The van der Waals surface area contributed by atoms with Crippen LogP contribution in [0.2, 0.25) is 0 Å². The molecule has 0 aliphatic carbocycles. The monoisotopic (exact) mass is 523 g/mol. The number of ether oxygens (including phenoxy) is 3. The molecule has 4 rings (SSSR count). The van der Waals surface area contributed by atoms with Crippen molar-refractivity contribution in [1.29, 1.82) is 5.26 Å². The molecule has 0 saturated carbocycles. The minimum atomic E-state index is -1.04. The van der Waals surface area contributed by atoms with E-state index in [1.807, 2.05) is 0 Å². The Kier molecular flexibility index (Phi) is 9.16. The van der Waals surface area contributed by atoms with Crippen LogP contribution in [-0.4, -0.2) is 25.8 Å². The van der Waals surface area contributed by atoms with E-state index >= 15 is 4.39 Å². The van der Waals surface area contributed by atoms with Gasteiger partial charge in [-0.3, -0.25) is 0 Å². The van der Waals surface area contributed by atoms with E-state index in [1.165, 1.54) is 24.3 Å². The average Bonchev–Trinajstić information content (AvgIpc) is 2.91. The maximum absolute atomic E-state index is 15.0. The van der Waals surface area contributed by atoms with E-state index in [2.05, 4.69) is 6.92 Å². The number of nitrogens with zero attached hydrogens (tertiary/aromatic N) is 1. The number of carbonyl (C=O) groups excluding carboxylic acids is 1. The molecule has 0 radical (unpaired) electrons. The molecule has 0 bridgehead atoms. The molecule has 8 heteroatoms. The van der Waals surface area contributed by atoms with Gasteiger partial charge in [0.15, 0.2) is 0 Å². The molecule has 0 amide bonds. The summed E-state index contributed by atoms with van der Waals surface area (Å²) in [5.41, 5.74) is 0.549. The summed E-state index contributed by atoms with van der Waals surface area (Å²) < 4.78 is 60.3. The molecule has 3 aromatic rings. The topological polar surface area (TPSA) is 68.5 Å². The van der Waals surface area contributed by atoms with Crippen molar-refractivity contribution in [3.05, 3.63) is 88.7 Å². The van der Waals surface area contributed by atoms with Crippen LogP contribution < -0.4 is 4.74 Å². The number of esters is 1. The second-order valence-electron chi connectivity index (χ2n) is 9.27. The van der Waals surface area contributed by atoms with E-state index in [-0.39, 0.29) is 34.1 Å². The van der Waals surface area contributed by atoms with Crippen molar-refractivity contribution >= 4 is 5.97 Å². The molecule has 38 heavy (non-hydrogen) atoms. The Morgan fingerprint density at radius 1 is 1.03 bits per heavy atom. The lowest BCUT2D eigenvalue weighted by molar-refractivity contribution is -0.0437. The Bertz CT molecular complexity index is 1330. The fourth-order valence-electron chi connectivity index (χ4n) is 4.32. The summed E-state index contributed by atoms with van der Waals surface area (Å²) in [6, 6.07) is 13.3. The van der Waals surface area contributed by atoms with Gasteiger partial charge in [-0.05, 0) is 60.7 Å². The van der Waals surface area contributed by atoms with Crippen LogP contribution in [-0.2, 0) is 9.47 Å². The van der Waals surface area contributed by atoms with Crippen molar-refractivity contribution < 1.29 is 32.2 Å². The highest BCUT2D eigenvalue weighted by Gasteiger charge is 2.24. The predicted octanol–water partition coefficient (Wildman–Crippen LogP) is 7.15. The fraction of sp³-hybridized carbons (Fsp3) is 0.333. The second kappa shape index (κ2) is 12.7. The summed E-state index contributed by atoms with van der Waals surface area (Å²) in [6.07, 6.45) is 3.61. The summed E-state index contributed by atoms with van der Waals surface area (Å²) in [5.74, 6) is -3.18. The van der Waals surface area contributed by atoms with Gasteiger partial charge in [0.25, 0.3) is 0 Å². The van der Waals surface area contributed by atoms with Gasteiger partial charge in [-0.2, -0.15) is 5.26 Å². The Morgan fingerprint density at radius 2 is 1.87 bits per heavy atom. The van der Waals surface area contributed by atoms with Gasteiger partial charge >= 0.3 is 5.97 Å². The number of carbonyl (C=O) groups is 1. The standard InChI is InChI=1S/C30H28F3NO4/c1-2-3-12-36-17-19-4-11-29(37-18-19)21-7-9-24(27(32)14-21)20-6-10-25(28(33)13-20)30(35)38-23-8-5-22(16-34)26(31)15-23/h5-10,13-15,19,29H,2-4,11-12,17-18H2,1H3. The Hall–Kier alpha value is -3.67. The van der Waals surface area contributed by atoms with E-state index in [4.69, 9.17) is 19.5 Å². The lowest BCUT2D eigenvalue weighted by Gasteiger charge is -2.29. The predicted molar refractivity (Wildman–Crippen MR) is 135 cm³/mol. The Balaban J connectivity index is 1.40. The van der Waals surface area contributed by atoms with E-state index in [1.54, 1.807) is 18.2 Å². The van der Waals surface area contributed by atoms with Crippen LogP contribution >= 0.6 is 0 Å². The van der Waals surface area contributed by atoms with Gasteiger partial charge in [0.2, 0.25) is 0 Å². The molecule has 0 spiro atoms. The number of nitriles is 1. The lowest BCUT2D eigenvalue weighted by atomic mass is 9.93. The first-order valence-corrected chi connectivity index (χ1v) is 12.6. The molecule has 2 unspecified atom stereocenters. The number of hydrogen-bond donors (Lipinski definition) is 0. The van der Waals surface area contributed by atoms with Gasteiger partial charge in [-0.1, -0.05) is 31.5 Å². The van der Waals surface area contributed by atoms with Gasteiger partial charge in [-0.25, -0.2) is 18.0 Å². The Labute approximate surface area is 219 Å². The van der Waals surface area contributed by atoms with Crippen LogP contribution in [0.5, 0.6) is 5.75 Å². The second-order valence-corrected chi connectivity index (χ2v) is 9.27. The van der Waals surface area contributed by atoms with Crippen LogP contribution in [0.1, 0.15) is 60.2 Å². The zero-order valence-corrected chi connectivity index (χ0v) is 21.0. The number of hydrogen-bond acceptors (Lipinski definition) is 5. The highest BCUT2D eigenvalue weighted by molar-refractivity contribution is 5.92. The molecule has 1 heterocycles. The third-order valence-electron chi connectivity index (χ3n) is 6.50. The van der Waals surface area contributed by atoms with Crippen LogP contribution in [0.4, 0.5) is 13.2 Å². The maximum atomic E-state index is 15.0. The number of unbranched alkanes of at least 4 members (excludes halogenated alkanes) is 1. The van der Waals surface area contributed by atoms with Gasteiger partial charge in [0.05, 0.1) is 30.4 Å². The third-order valence-corrected chi connectivity index (χ3v) is 6.50. The zero-order valence-electron chi connectivity index (χ0n) is 21.0. The normalized spacial score (nSPS) is 17.1. The number of halogens is 3. The van der Waals surface area contributed by atoms with Gasteiger partial charge in [0.1, 0.15) is 29.3 Å². The molecule has 1 saturated heterocycles. The van der Waals surface area contributed by atoms with E-state index in [0.717, 1.165) is 50.5 Å². The van der Waals surface area contributed by atoms with Gasteiger partial charge in [0, 0.05) is 24.2 Å². The van der Waals surface area contributed by atoms with Crippen molar-refractivity contribution in [1.82, 2.24) is 0 Å². The van der Waals surface area contributed by atoms with Crippen molar-refractivity contribution in [2.45, 2.75) is 38.7 Å². The first kappa shape index (κ1) is 27.4. The minimum Gasteiger partial charge on any atom is -0.423 e. The highest BCUT2D eigenvalue weighted by Crippen LogP contribution is 2.34.